The molecule has 0 spiro atoms. The number of aliphatic carboxylic acids is 1. The highest BCUT2D eigenvalue weighted by atomic mass is 16.4. The summed E-state index contributed by atoms with van der Waals surface area (Å²) < 4.78 is 0. The van der Waals surface area contributed by atoms with Gasteiger partial charge in [-0.25, -0.2) is 0 Å². The molecule has 4 heteroatoms. The lowest BCUT2D eigenvalue weighted by Crippen LogP contribution is -2.39. The molecule has 2 aromatic rings. The smallest absolute Gasteiger partial charge is 0.306 e. The van der Waals surface area contributed by atoms with E-state index < -0.39 is 12.1 Å². The second-order valence-electron chi connectivity index (χ2n) is 6.80. The van der Waals surface area contributed by atoms with Crippen LogP contribution in [-0.2, 0) is 4.79 Å². The van der Waals surface area contributed by atoms with Crippen LogP contribution in [0.2, 0.25) is 0 Å². The molecule has 1 aliphatic rings. The number of aliphatic hydroxyl groups excluding tert-OH is 1. The highest BCUT2D eigenvalue weighted by Gasteiger charge is 2.30. The number of nitrogens with one attached hydrogen (secondary N) is 1. The molecule has 0 heterocycles. The summed E-state index contributed by atoms with van der Waals surface area (Å²) in [6, 6.07) is 19.6. The normalized spacial score (nSPS) is 22.9. The first-order valence-electron chi connectivity index (χ1n) is 8.92. The summed E-state index contributed by atoms with van der Waals surface area (Å²) in [5, 5.41) is 23.7. The Morgan fingerprint density at radius 2 is 1.40 bits per heavy atom. The molecule has 1 fully saturated rings. The number of aliphatic hydroxyl groups is 1. The summed E-state index contributed by atoms with van der Waals surface area (Å²) in [7, 11) is 0. The van der Waals surface area contributed by atoms with Crippen molar-refractivity contribution in [2.45, 2.75) is 43.9 Å². The SMILES string of the molecule is O=C(O)C1CCC(N[C@H](c2ccccc2)[C@@H](O)c2ccccc2)CC1. The highest BCUT2D eigenvalue weighted by molar-refractivity contribution is 5.70. The van der Waals surface area contributed by atoms with E-state index >= 15 is 0 Å². The Balaban J connectivity index is 1.75. The van der Waals surface area contributed by atoms with Crippen LogP contribution >= 0.6 is 0 Å². The zero-order valence-corrected chi connectivity index (χ0v) is 14.2. The number of carbonyl (C=O) groups is 1. The van der Waals surface area contributed by atoms with E-state index in [2.05, 4.69) is 5.32 Å². The third-order valence-corrected chi connectivity index (χ3v) is 5.11. The average molecular weight is 339 g/mol. The molecule has 0 unspecified atom stereocenters. The highest BCUT2D eigenvalue weighted by Crippen LogP contribution is 2.32. The van der Waals surface area contributed by atoms with Crippen molar-refractivity contribution in [2.24, 2.45) is 5.92 Å². The first-order chi connectivity index (χ1) is 12.1. The van der Waals surface area contributed by atoms with E-state index in [0.717, 1.165) is 24.0 Å². The van der Waals surface area contributed by atoms with Gasteiger partial charge in [0.15, 0.2) is 0 Å². The van der Waals surface area contributed by atoms with E-state index in [-0.39, 0.29) is 18.0 Å². The van der Waals surface area contributed by atoms with Crippen LogP contribution < -0.4 is 5.32 Å². The lowest BCUT2D eigenvalue weighted by atomic mass is 9.85. The lowest BCUT2D eigenvalue weighted by Gasteiger charge is -2.33. The summed E-state index contributed by atoms with van der Waals surface area (Å²) >= 11 is 0. The van der Waals surface area contributed by atoms with Gasteiger partial charge in [-0.3, -0.25) is 4.79 Å². The summed E-state index contributed by atoms with van der Waals surface area (Å²) in [6.45, 7) is 0. The maximum absolute atomic E-state index is 11.1. The predicted octanol–water partition coefficient (Wildman–Crippen LogP) is 3.69. The fourth-order valence-electron chi connectivity index (χ4n) is 3.63. The molecule has 3 rings (SSSR count). The summed E-state index contributed by atoms with van der Waals surface area (Å²) in [5.74, 6) is -0.922. The van der Waals surface area contributed by atoms with Crippen molar-refractivity contribution >= 4 is 5.97 Å². The van der Waals surface area contributed by atoms with Crippen LogP contribution in [0.15, 0.2) is 60.7 Å². The summed E-state index contributed by atoms with van der Waals surface area (Å²) in [6.07, 6.45) is 2.37. The number of benzene rings is 2. The van der Waals surface area contributed by atoms with Gasteiger partial charge in [-0.15, -0.1) is 0 Å². The molecule has 0 aromatic heterocycles. The van der Waals surface area contributed by atoms with E-state index in [0.29, 0.717) is 12.8 Å². The van der Waals surface area contributed by atoms with Gasteiger partial charge in [0.1, 0.15) is 0 Å². The van der Waals surface area contributed by atoms with Crippen LogP contribution in [0.1, 0.15) is 49.0 Å². The standard InChI is InChI=1S/C21H25NO3/c23-20(16-9-5-2-6-10-16)19(15-7-3-1-4-8-15)22-18-13-11-17(12-14-18)21(24)25/h1-10,17-20,22-23H,11-14H2,(H,24,25)/t17?,18?,19-,20+/m1/s1. The molecule has 3 N–H and O–H groups in total. The molecule has 0 radical (unpaired) electrons. The van der Waals surface area contributed by atoms with Crippen LogP contribution in [0.3, 0.4) is 0 Å². The van der Waals surface area contributed by atoms with Crippen LogP contribution in [0, 0.1) is 5.92 Å². The molecule has 0 amide bonds. The van der Waals surface area contributed by atoms with Crippen LogP contribution in [-0.4, -0.2) is 22.2 Å². The second-order valence-corrected chi connectivity index (χ2v) is 6.80. The van der Waals surface area contributed by atoms with Gasteiger partial charge in [-0.2, -0.15) is 0 Å². The van der Waals surface area contributed by atoms with Crippen molar-refractivity contribution in [3.8, 4) is 0 Å². The fraction of sp³-hybridized carbons (Fsp3) is 0.381. The maximum atomic E-state index is 11.1. The molecule has 4 nitrogen and oxygen atoms in total. The Hall–Kier alpha value is -2.17. The van der Waals surface area contributed by atoms with Crippen molar-refractivity contribution < 1.29 is 15.0 Å². The predicted molar refractivity (Wildman–Crippen MR) is 97.1 cm³/mol. The van der Waals surface area contributed by atoms with Gasteiger partial charge in [0.2, 0.25) is 0 Å². The van der Waals surface area contributed by atoms with Gasteiger partial charge in [0.05, 0.1) is 18.1 Å². The number of carboxylic acids is 1. The molecule has 0 saturated heterocycles. The van der Waals surface area contributed by atoms with E-state index in [9.17, 15) is 9.90 Å². The van der Waals surface area contributed by atoms with Crippen LogP contribution in [0.25, 0.3) is 0 Å². The number of hydrogen-bond acceptors (Lipinski definition) is 3. The molecule has 0 aliphatic heterocycles. The largest absolute Gasteiger partial charge is 0.481 e. The third-order valence-electron chi connectivity index (χ3n) is 5.11. The van der Waals surface area contributed by atoms with Crippen molar-refractivity contribution in [3.63, 3.8) is 0 Å². The molecule has 2 aromatic carbocycles. The average Bonchev–Trinajstić information content (AvgIpc) is 2.67. The van der Waals surface area contributed by atoms with Crippen molar-refractivity contribution in [1.82, 2.24) is 5.32 Å². The lowest BCUT2D eigenvalue weighted by molar-refractivity contribution is -0.142. The quantitative estimate of drug-likeness (QED) is 0.751. The van der Waals surface area contributed by atoms with Crippen molar-refractivity contribution in [2.75, 3.05) is 0 Å². The monoisotopic (exact) mass is 339 g/mol. The Bertz CT molecular complexity index is 666. The number of hydrogen-bond donors (Lipinski definition) is 3. The maximum Gasteiger partial charge on any atom is 0.306 e. The summed E-state index contributed by atoms with van der Waals surface area (Å²) in [5.41, 5.74) is 1.92. The first-order valence-corrected chi connectivity index (χ1v) is 8.92. The zero-order valence-electron chi connectivity index (χ0n) is 14.2. The Kier molecular flexibility index (Phi) is 5.84. The molecule has 132 valence electrons. The first kappa shape index (κ1) is 17.6. The minimum absolute atomic E-state index is 0.213. The van der Waals surface area contributed by atoms with Crippen LogP contribution in [0.4, 0.5) is 0 Å². The minimum Gasteiger partial charge on any atom is -0.481 e. The van der Waals surface area contributed by atoms with E-state index in [1.54, 1.807) is 0 Å². The molecule has 1 aliphatic carbocycles. The third kappa shape index (κ3) is 4.47. The van der Waals surface area contributed by atoms with E-state index in [4.69, 9.17) is 5.11 Å². The van der Waals surface area contributed by atoms with Gasteiger partial charge in [-0.05, 0) is 36.8 Å². The zero-order chi connectivity index (χ0) is 17.6. The summed E-state index contributed by atoms with van der Waals surface area (Å²) in [4.78, 5) is 11.1. The van der Waals surface area contributed by atoms with Gasteiger partial charge < -0.3 is 15.5 Å². The van der Waals surface area contributed by atoms with E-state index in [1.807, 2.05) is 60.7 Å². The van der Waals surface area contributed by atoms with E-state index in [1.165, 1.54) is 0 Å². The number of rotatable bonds is 6. The van der Waals surface area contributed by atoms with Gasteiger partial charge >= 0.3 is 5.97 Å². The Morgan fingerprint density at radius 1 is 0.880 bits per heavy atom. The second kappa shape index (κ2) is 8.28. The fourth-order valence-corrected chi connectivity index (χ4v) is 3.63. The number of carboxylic acid groups (broad SMARTS) is 1. The van der Waals surface area contributed by atoms with Crippen molar-refractivity contribution in [1.29, 1.82) is 0 Å². The Labute approximate surface area is 148 Å². The molecular formula is C21H25NO3. The molecule has 25 heavy (non-hydrogen) atoms. The molecule has 2 atom stereocenters. The van der Waals surface area contributed by atoms with Crippen molar-refractivity contribution in [3.05, 3.63) is 71.8 Å². The molecule has 1 saturated carbocycles. The topological polar surface area (TPSA) is 69.6 Å². The van der Waals surface area contributed by atoms with Gasteiger partial charge in [0, 0.05) is 6.04 Å². The van der Waals surface area contributed by atoms with Crippen LogP contribution in [0.5, 0.6) is 0 Å². The minimum atomic E-state index is -0.692. The molecule has 0 bridgehead atoms. The van der Waals surface area contributed by atoms with Gasteiger partial charge in [-0.1, -0.05) is 60.7 Å². The Morgan fingerprint density at radius 3 is 1.92 bits per heavy atom. The van der Waals surface area contributed by atoms with Gasteiger partial charge in [0.25, 0.3) is 0 Å². The molecular weight excluding hydrogens is 314 g/mol.